The Labute approximate surface area is 252 Å². The largest absolute Gasteiger partial charge is 0.481 e. The predicted octanol–water partition coefficient (Wildman–Crippen LogP) is 2.76. The van der Waals surface area contributed by atoms with E-state index in [1.165, 1.54) is 9.80 Å². The lowest BCUT2D eigenvalue weighted by Gasteiger charge is -2.36. The number of hydrazine groups is 1. The van der Waals surface area contributed by atoms with Gasteiger partial charge in [-0.25, -0.2) is 15.3 Å². The summed E-state index contributed by atoms with van der Waals surface area (Å²) in [5.41, 5.74) is 6.96. The number of carbonyl (C=O) groups is 4. The predicted molar refractivity (Wildman–Crippen MR) is 155 cm³/mol. The number of benzene rings is 2. The fraction of sp³-hybridized carbons (Fsp3) is 0.345. The van der Waals surface area contributed by atoms with Crippen LogP contribution in [0.4, 0.5) is 4.79 Å². The number of pyridine rings is 1. The van der Waals surface area contributed by atoms with Crippen molar-refractivity contribution in [3.8, 4) is 11.6 Å². The van der Waals surface area contributed by atoms with Crippen molar-refractivity contribution in [2.45, 2.75) is 32.0 Å². The van der Waals surface area contributed by atoms with Crippen LogP contribution in [0.25, 0.3) is 10.9 Å². The van der Waals surface area contributed by atoms with Crippen molar-refractivity contribution in [1.82, 2.24) is 31.1 Å². The Balaban J connectivity index is 1.36. The fourth-order valence-corrected chi connectivity index (χ4v) is 4.83. The summed E-state index contributed by atoms with van der Waals surface area (Å²) in [5.74, 6) is -1.77. The number of ether oxygens (including phenoxy) is 2. The molecule has 1 fully saturated rings. The van der Waals surface area contributed by atoms with E-state index < -0.39 is 29.9 Å². The van der Waals surface area contributed by atoms with Crippen molar-refractivity contribution in [2.24, 2.45) is 10.3 Å². The van der Waals surface area contributed by atoms with Gasteiger partial charge in [0, 0.05) is 38.0 Å². The van der Waals surface area contributed by atoms with Crippen LogP contribution >= 0.6 is 0 Å². The first-order chi connectivity index (χ1) is 21.3. The molecule has 0 spiro atoms. The van der Waals surface area contributed by atoms with E-state index in [2.05, 4.69) is 31.6 Å². The molecular weight excluding hydrogens is 572 g/mol. The molecule has 2 aromatic carbocycles. The van der Waals surface area contributed by atoms with Crippen LogP contribution in [-0.2, 0) is 14.3 Å². The van der Waals surface area contributed by atoms with Crippen LogP contribution in [0.3, 0.4) is 0 Å². The number of fused-ring (bicyclic) bond motifs is 1. The van der Waals surface area contributed by atoms with Crippen LogP contribution in [0, 0.1) is 0 Å². The first kappa shape index (κ1) is 30.2. The smallest absolute Gasteiger partial charge is 0.409 e. The molecule has 2 aliphatic rings. The van der Waals surface area contributed by atoms with Crippen molar-refractivity contribution in [3.63, 3.8) is 0 Å². The normalized spacial score (nSPS) is 16.7. The number of piperazine rings is 1. The highest BCUT2D eigenvalue weighted by Gasteiger charge is 2.32. The molecule has 15 heteroatoms. The van der Waals surface area contributed by atoms with E-state index in [4.69, 9.17) is 9.47 Å². The highest BCUT2D eigenvalue weighted by Crippen LogP contribution is 2.29. The number of para-hydroxylation sites is 1. The number of nitrogens with zero attached hydrogens (tertiary/aromatic N) is 5. The minimum Gasteiger partial charge on any atom is -0.481 e. The summed E-state index contributed by atoms with van der Waals surface area (Å²) in [7, 11) is 0. The number of carboxylic acid groups (broad SMARTS) is 1. The molecule has 230 valence electrons. The molecule has 1 saturated heterocycles. The van der Waals surface area contributed by atoms with Crippen LogP contribution in [0.15, 0.2) is 64.9 Å². The van der Waals surface area contributed by atoms with Crippen LogP contribution in [0.1, 0.15) is 41.9 Å². The summed E-state index contributed by atoms with van der Waals surface area (Å²) in [6.07, 6.45) is -1.27. The Morgan fingerprint density at radius 3 is 2.45 bits per heavy atom. The van der Waals surface area contributed by atoms with E-state index in [-0.39, 0.29) is 63.2 Å². The minimum atomic E-state index is -1.13. The average Bonchev–Trinajstić information content (AvgIpc) is 3.58. The second kappa shape index (κ2) is 13.8. The standard InChI is InChI=1S/C29H32N8O7/c1-2-43-29(42)37-15-13-36(14-16-37)28(41)23(11-12-24(38)39)30-26(40)21-17-19-5-3-4-6-22(19)31-27(21)44-20-9-7-18(8-10-20)25-32-34-35-33-25/h3-10,17,23,25H,2,11-16H2,1H3,(H,30,40)(H,32,35)(H,33,34)(H,38,39). The zero-order valence-corrected chi connectivity index (χ0v) is 23.9. The molecule has 0 radical (unpaired) electrons. The van der Waals surface area contributed by atoms with Gasteiger partial charge in [0.15, 0.2) is 6.17 Å². The highest BCUT2D eigenvalue weighted by molar-refractivity contribution is 6.02. The van der Waals surface area contributed by atoms with Gasteiger partial charge in [0.1, 0.15) is 17.4 Å². The van der Waals surface area contributed by atoms with E-state index in [0.29, 0.717) is 16.7 Å². The third-order valence-electron chi connectivity index (χ3n) is 7.14. The van der Waals surface area contributed by atoms with Crippen LogP contribution in [0.2, 0.25) is 0 Å². The average molecular weight is 605 g/mol. The molecular formula is C29H32N8O7. The molecule has 3 amide bonds. The lowest BCUT2D eigenvalue weighted by atomic mass is 10.1. The lowest BCUT2D eigenvalue weighted by Crippen LogP contribution is -2.56. The van der Waals surface area contributed by atoms with Crippen LogP contribution < -0.4 is 21.0 Å². The number of carboxylic acids is 1. The monoisotopic (exact) mass is 604 g/mol. The summed E-state index contributed by atoms with van der Waals surface area (Å²) in [6, 6.07) is 14.7. The van der Waals surface area contributed by atoms with Gasteiger partial charge in [-0.3, -0.25) is 14.4 Å². The molecule has 4 N–H and O–H groups in total. The first-order valence-electron chi connectivity index (χ1n) is 14.1. The Kier molecular flexibility index (Phi) is 9.44. The van der Waals surface area contributed by atoms with Crippen molar-refractivity contribution in [3.05, 3.63) is 65.7 Å². The zero-order valence-electron chi connectivity index (χ0n) is 23.9. The zero-order chi connectivity index (χ0) is 31.1. The van der Waals surface area contributed by atoms with Gasteiger partial charge < -0.3 is 29.7 Å². The quantitative estimate of drug-likeness (QED) is 0.268. The number of aromatic nitrogens is 1. The van der Waals surface area contributed by atoms with E-state index in [1.807, 2.05) is 12.1 Å². The van der Waals surface area contributed by atoms with Gasteiger partial charge in [-0.1, -0.05) is 35.6 Å². The molecule has 2 atom stereocenters. The Morgan fingerprint density at radius 1 is 1.05 bits per heavy atom. The molecule has 0 aliphatic carbocycles. The van der Waals surface area contributed by atoms with Gasteiger partial charge in [-0.15, -0.1) is 5.11 Å². The Morgan fingerprint density at radius 2 is 1.77 bits per heavy atom. The van der Waals surface area contributed by atoms with Crippen LogP contribution in [0.5, 0.6) is 11.6 Å². The fourth-order valence-electron chi connectivity index (χ4n) is 4.83. The maximum absolute atomic E-state index is 13.7. The maximum atomic E-state index is 13.7. The Hall–Kier alpha value is -5.31. The molecule has 3 heterocycles. The van der Waals surface area contributed by atoms with Crippen molar-refractivity contribution in [1.29, 1.82) is 0 Å². The maximum Gasteiger partial charge on any atom is 0.409 e. The molecule has 2 aliphatic heterocycles. The summed E-state index contributed by atoms with van der Waals surface area (Å²) >= 11 is 0. The van der Waals surface area contributed by atoms with Crippen molar-refractivity contribution < 1.29 is 33.8 Å². The molecule has 5 rings (SSSR count). The summed E-state index contributed by atoms with van der Waals surface area (Å²) in [4.78, 5) is 58.3. The summed E-state index contributed by atoms with van der Waals surface area (Å²) in [6.45, 7) is 2.90. The number of amides is 3. The number of carbonyl (C=O) groups excluding carboxylic acids is 3. The Bertz CT molecular complexity index is 1560. The van der Waals surface area contributed by atoms with E-state index in [0.717, 1.165) is 5.56 Å². The van der Waals surface area contributed by atoms with Gasteiger partial charge in [0.2, 0.25) is 11.8 Å². The number of aliphatic carboxylic acids is 1. The molecule has 0 saturated carbocycles. The van der Waals surface area contributed by atoms with E-state index in [1.54, 1.807) is 49.4 Å². The van der Waals surface area contributed by atoms with Crippen molar-refractivity contribution >= 4 is 34.8 Å². The summed E-state index contributed by atoms with van der Waals surface area (Å²) in [5, 5.41) is 20.4. The van der Waals surface area contributed by atoms with Gasteiger partial charge in [-0.2, -0.15) is 5.43 Å². The van der Waals surface area contributed by atoms with Gasteiger partial charge in [-0.05, 0) is 43.2 Å². The molecule has 44 heavy (non-hydrogen) atoms. The van der Waals surface area contributed by atoms with Gasteiger partial charge in [0.25, 0.3) is 5.91 Å². The molecule has 2 unspecified atom stereocenters. The SMILES string of the molecule is CCOC(=O)N1CCN(C(=O)C(CCC(=O)O)NC(=O)c2cc3ccccc3nc2Oc2ccc(C3N=NNN3)cc2)CC1. The topological polar surface area (TPSA) is 187 Å². The highest BCUT2D eigenvalue weighted by atomic mass is 16.6. The lowest BCUT2D eigenvalue weighted by molar-refractivity contribution is -0.138. The van der Waals surface area contributed by atoms with E-state index in [9.17, 15) is 24.3 Å². The summed E-state index contributed by atoms with van der Waals surface area (Å²) < 4.78 is 11.1. The molecule has 3 aromatic rings. The minimum absolute atomic E-state index is 0.0155. The number of nitrogens with one attached hydrogen (secondary N) is 3. The van der Waals surface area contributed by atoms with Gasteiger partial charge in [0.05, 0.1) is 12.1 Å². The van der Waals surface area contributed by atoms with Gasteiger partial charge >= 0.3 is 12.1 Å². The molecule has 0 bridgehead atoms. The third-order valence-corrected chi connectivity index (χ3v) is 7.14. The van der Waals surface area contributed by atoms with Crippen LogP contribution in [-0.4, -0.2) is 82.6 Å². The second-order valence-electron chi connectivity index (χ2n) is 10.0. The number of hydrogen-bond acceptors (Lipinski definition) is 11. The van der Waals surface area contributed by atoms with E-state index >= 15 is 0 Å². The molecule has 1 aromatic heterocycles. The van der Waals surface area contributed by atoms with Crippen molar-refractivity contribution in [2.75, 3.05) is 32.8 Å². The number of rotatable bonds is 10. The third kappa shape index (κ3) is 7.18. The second-order valence-corrected chi connectivity index (χ2v) is 10.0. The number of hydrogen-bond donors (Lipinski definition) is 4. The molecule has 15 nitrogen and oxygen atoms in total. The first-order valence-corrected chi connectivity index (χ1v) is 14.1.